The summed E-state index contributed by atoms with van der Waals surface area (Å²) in [7, 11) is -3.35. The molecule has 13 heavy (non-hydrogen) atoms. The summed E-state index contributed by atoms with van der Waals surface area (Å²) in [6, 6.07) is 0. The summed E-state index contributed by atoms with van der Waals surface area (Å²) < 4.78 is 36.3. The highest BCUT2D eigenvalue weighted by molar-refractivity contribution is 7.85. The van der Waals surface area contributed by atoms with Crippen LogP contribution in [-0.2, 0) is 23.8 Å². The summed E-state index contributed by atoms with van der Waals surface area (Å²) in [5.74, 6) is -0.676. The van der Waals surface area contributed by atoms with E-state index in [4.69, 9.17) is 9.47 Å². The largest absolute Gasteiger partial charge is 0.348 e. The number of hydrogen-bond acceptors (Lipinski definition) is 5. The Balaban J connectivity index is 2.26. The molecule has 0 saturated carbocycles. The van der Waals surface area contributed by atoms with Gasteiger partial charge in [0.05, 0.1) is 26.1 Å². The minimum Gasteiger partial charge on any atom is -0.348 e. The van der Waals surface area contributed by atoms with Crippen LogP contribution in [0.25, 0.3) is 0 Å². The monoisotopic (exact) mass is 210 g/mol. The summed E-state index contributed by atoms with van der Waals surface area (Å²) in [6.45, 7) is 2.96. The number of rotatable bonds is 4. The lowest BCUT2D eigenvalue weighted by atomic mass is 10.2. The third-order valence-corrected chi connectivity index (χ3v) is 2.35. The topological polar surface area (TPSA) is 61.8 Å². The molecule has 0 N–H and O–H groups in total. The summed E-state index contributed by atoms with van der Waals surface area (Å²) >= 11 is 0. The minimum absolute atomic E-state index is 0.0926. The maximum absolute atomic E-state index is 10.6. The molecular weight excluding hydrogens is 196 g/mol. The second-order valence-electron chi connectivity index (χ2n) is 3.11. The van der Waals surface area contributed by atoms with Crippen molar-refractivity contribution >= 4 is 10.1 Å². The van der Waals surface area contributed by atoms with Crippen LogP contribution in [0.15, 0.2) is 0 Å². The standard InChI is InChI=1S/C7H14O5S/c1-7(10-5-6-11-7)3-4-12-13(2,8)9/h3-6H2,1-2H3. The Morgan fingerprint density at radius 3 is 2.38 bits per heavy atom. The third-order valence-electron chi connectivity index (χ3n) is 1.75. The van der Waals surface area contributed by atoms with Crippen LogP contribution in [0.4, 0.5) is 0 Å². The zero-order valence-electron chi connectivity index (χ0n) is 7.78. The molecule has 0 amide bonds. The summed E-state index contributed by atoms with van der Waals surface area (Å²) in [5, 5.41) is 0. The van der Waals surface area contributed by atoms with Crippen LogP contribution in [0.1, 0.15) is 13.3 Å². The maximum Gasteiger partial charge on any atom is 0.264 e. The molecule has 6 heteroatoms. The Morgan fingerprint density at radius 2 is 1.92 bits per heavy atom. The Hall–Kier alpha value is -0.170. The molecule has 0 aromatic carbocycles. The van der Waals surface area contributed by atoms with Crippen molar-refractivity contribution < 1.29 is 22.1 Å². The average molecular weight is 210 g/mol. The van der Waals surface area contributed by atoms with E-state index in [-0.39, 0.29) is 6.61 Å². The Labute approximate surface area is 78.1 Å². The van der Waals surface area contributed by atoms with Crippen LogP contribution in [0.2, 0.25) is 0 Å². The van der Waals surface area contributed by atoms with Gasteiger partial charge in [-0.2, -0.15) is 8.42 Å². The van der Waals surface area contributed by atoms with E-state index in [0.29, 0.717) is 19.6 Å². The van der Waals surface area contributed by atoms with Gasteiger partial charge in [0.2, 0.25) is 0 Å². The lowest BCUT2D eigenvalue weighted by molar-refractivity contribution is -0.150. The van der Waals surface area contributed by atoms with Crippen LogP contribution in [-0.4, -0.2) is 40.3 Å². The van der Waals surface area contributed by atoms with Gasteiger partial charge in [-0.3, -0.25) is 4.18 Å². The van der Waals surface area contributed by atoms with Crippen LogP contribution in [0.5, 0.6) is 0 Å². The Kier molecular flexibility index (Phi) is 3.28. The highest BCUT2D eigenvalue weighted by Gasteiger charge is 2.30. The second kappa shape index (κ2) is 3.91. The lowest BCUT2D eigenvalue weighted by Crippen LogP contribution is -2.27. The molecule has 0 aliphatic carbocycles. The highest BCUT2D eigenvalue weighted by atomic mass is 32.2. The molecule has 78 valence electrons. The van der Waals surface area contributed by atoms with Crippen LogP contribution in [0.3, 0.4) is 0 Å². The highest BCUT2D eigenvalue weighted by Crippen LogP contribution is 2.22. The smallest absolute Gasteiger partial charge is 0.264 e. The zero-order chi connectivity index (χ0) is 9.95. The fraction of sp³-hybridized carbons (Fsp3) is 1.00. The summed E-state index contributed by atoms with van der Waals surface area (Å²) in [6.07, 6.45) is 1.44. The first kappa shape index (κ1) is 10.9. The zero-order valence-corrected chi connectivity index (χ0v) is 8.59. The van der Waals surface area contributed by atoms with Gasteiger partial charge in [-0.05, 0) is 6.92 Å². The van der Waals surface area contributed by atoms with Gasteiger partial charge in [-0.25, -0.2) is 0 Å². The van der Waals surface area contributed by atoms with E-state index < -0.39 is 15.9 Å². The quantitative estimate of drug-likeness (QED) is 0.616. The molecule has 0 unspecified atom stereocenters. The molecule has 5 nitrogen and oxygen atoms in total. The van der Waals surface area contributed by atoms with Gasteiger partial charge < -0.3 is 9.47 Å². The van der Waals surface area contributed by atoms with E-state index >= 15 is 0 Å². The Morgan fingerprint density at radius 1 is 1.38 bits per heavy atom. The second-order valence-corrected chi connectivity index (χ2v) is 4.75. The van der Waals surface area contributed by atoms with Gasteiger partial charge >= 0.3 is 0 Å². The van der Waals surface area contributed by atoms with Gasteiger partial charge in [0.25, 0.3) is 10.1 Å². The molecule has 1 aliphatic heterocycles. The SMILES string of the molecule is CC1(CCOS(C)(=O)=O)OCCO1. The fourth-order valence-corrected chi connectivity index (χ4v) is 1.47. The van der Waals surface area contributed by atoms with Gasteiger partial charge in [0.15, 0.2) is 5.79 Å². The fourth-order valence-electron chi connectivity index (χ4n) is 1.08. The molecule has 0 atom stereocenters. The van der Waals surface area contributed by atoms with E-state index in [0.717, 1.165) is 6.26 Å². The number of hydrogen-bond donors (Lipinski definition) is 0. The first-order valence-corrected chi connectivity index (χ1v) is 5.85. The van der Waals surface area contributed by atoms with Gasteiger partial charge in [0.1, 0.15) is 0 Å². The molecule has 0 aromatic rings. The van der Waals surface area contributed by atoms with Crippen LogP contribution >= 0.6 is 0 Å². The molecular formula is C7H14O5S. The van der Waals surface area contributed by atoms with Crippen molar-refractivity contribution in [3.8, 4) is 0 Å². The van der Waals surface area contributed by atoms with Crippen molar-refractivity contribution in [3.63, 3.8) is 0 Å². The molecule has 1 aliphatic rings. The van der Waals surface area contributed by atoms with Crippen molar-refractivity contribution in [2.24, 2.45) is 0 Å². The molecule has 0 spiro atoms. The molecule has 1 heterocycles. The van der Waals surface area contributed by atoms with Crippen LogP contribution in [0, 0.1) is 0 Å². The van der Waals surface area contributed by atoms with E-state index in [1.807, 2.05) is 0 Å². The summed E-state index contributed by atoms with van der Waals surface area (Å²) in [5.41, 5.74) is 0. The Bertz CT molecular complexity index is 252. The molecule has 1 fully saturated rings. The number of ether oxygens (including phenoxy) is 2. The third kappa shape index (κ3) is 4.04. The molecule has 0 aromatic heterocycles. The molecule has 1 rings (SSSR count). The lowest BCUT2D eigenvalue weighted by Gasteiger charge is -2.21. The molecule has 0 bridgehead atoms. The van der Waals surface area contributed by atoms with Gasteiger partial charge in [0, 0.05) is 6.42 Å². The first-order valence-electron chi connectivity index (χ1n) is 4.04. The predicted octanol–water partition coefficient (Wildman–Crippen LogP) is 0.116. The normalized spacial score (nSPS) is 22.0. The predicted molar refractivity (Wildman–Crippen MR) is 45.7 cm³/mol. The van der Waals surface area contributed by atoms with Crippen molar-refractivity contribution in [3.05, 3.63) is 0 Å². The van der Waals surface area contributed by atoms with Gasteiger partial charge in [-0.1, -0.05) is 0 Å². The van der Waals surface area contributed by atoms with Crippen molar-refractivity contribution in [1.82, 2.24) is 0 Å². The maximum atomic E-state index is 10.6. The van der Waals surface area contributed by atoms with E-state index in [1.54, 1.807) is 6.92 Å². The van der Waals surface area contributed by atoms with Gasteiger partial charge in [-0.15, -0.1) is 0 Å². The molecule has 1 saturated heterocycles. The average Bonchev–Trinajstić information content (AvgIpc) is 2.33. The minimum atomic E-state index is -3.35. The molecule has 0 radical (unpaired) electrons. The van der Waals surface area contributed by atoms with Crippen molar-refractivity contribution in [2.45, 2.75) is 19.1 Å². The van der Waals surface area contributed by atoms with E-state index in [2.05, 4.69) is 4.18 Å². The van der Waals surface area contributed by atoms with Crippen molar-refractivity contribution in [1.29, 1.82) is 0 Å². The first-order chi connectivity index (χ1) is 5.91. The van der Waals surface area contributed by atoms with Crippen LogP contribution < -0.4 is 0 Å². The van der Waals surface area contributed by atoms with Crippen molar-refractivity contribution in [2.75, 3.05) is 26.1 Å². The summed E-state index contributed by atoms with van der Waals surface area (Å²) in [4.78, 5) is 0. The van der Waals surface area contributed by atoms with E-state index in [9.17, 15) is 8.42 Å². The van der Waals surface area contributed by atoms with E-state index in [1.165, 1.54) is 0 Å².